The number of halogens is 1. The quantitative estimate of drug-likeness (QED) is 0.760. The Kier molecular flexibility index (Phi) is 5.55. The molecule has 0 spiro atoms. The standard InChI is InChI=1S/C16H15ClN2O/c17-16-10-14(11-18)3-4-15(16)12-20-9-1-2-13-5-7-19-8-6-13/h3-8,10H,1-2,9,12H2. The molecule has 0 bridgehead atoms. The van der Waals surface area contributed by atoms with E-state index >= 15 is 0 Å². The van der Waals surface area contributed by atoms with E-state index in [9.17, 15) is 0 Å². The van der Waals surface area contributed by atoms with Crippen molar-refractivity contribution < 1.29 is 4.74 Å². The first kappa shape index (κ1) is 14.5. The largest absolute Gasteiger partial charge is 0.377 e. The van der Waals surface area contributed by atoms with Gasteiger partial charge in [-0.05, 0) is 48.2 Å². The molecule has 0 saturated heterocycles. The monoisotopic (exact) mass is 286 g/mol. The summed E-state index contributed by atoms with van der Waals surface area (Å²) in [5.74, 6) is 0. The molecule has 102 valence electrons. The molecule has 0 unspecified atom stereocenters. The van der Waals surface area contributed by atoms with E-state index in [1.165, 1.54) is 5.56 Å². The smallest absolute Gasteiger partial charge is 0.0992 e. The predicted molar refractivity (Wildman–Crippen MR) is 78.4 cm³/mol. The molecule has 3 nitrogen and oxygen atoms in total. The molecule has 0 aliphatic carbocycles. The molecular weight excluding hydrogens is 272 g/mol. The van der Waals surface area contributed by atoms with Gasteiger partial charge in [-0.1, -0.05) is 17.7 Å². The van der Waals surface area contributed by atoms with Crippen molar-refractivity contribution in [3.63, 3.8) is 0 Å². The molecule has 20 heavy (non-hydrogen) atoms. The molecule has 4 heteroatoms. The molecule has 0 N–H and O–H groups in total. The molecule has 0 aliphatic rings. The number of hydrogen-bond donors (Lipinski definition) is 0. The van der Waals surface area contributed by atoms with Gasteiger partial charge in [-0.3, -0.25) is 4.98 Å². The van der Waals surface area contributed by atoms with E-state index in [-0.39, 0.29) is 0 Å². The average molecular weight is 287 g/mol. The van der Waals surface area contributed by atoms with Gasteiger partial charge >= 0.3 is 0 Å². The second-order valence-electron chi connectivity index (χ2n) is 4.43. The highest BCUT2D eigenvalue weighted by Crippen LogP contribution is 2.18. The highest BCUT2D eigenvalue weighted by Gasteiger charge is 2.02. The first-order valence-corrected chi connectivity index (χ1v) is 6.82. The lowest BCUT2D eigenvalue weighted by atomic mass is 10.1. The molecular formula is C16H15ClN2O. The Balaban J connectivity index is 1.72. The van der Waals surface area contributed by atoms with E-state index in [2.05, 4.69) is 11.1 Å². The molecule has 0 atom stereocenters. The van der Waals surface area contributed by atoms with Crippen LogP contribution in [0.15, 0.2) is 42.7 Å². The summed E-state index contributed by atoms with van der Waals surface area (Å²) in [7, 11) is 0. The fraction of sp³-hybridized carbons (Fsp3) is 0.250. The van der Waals surface area contributed by atoms with Gasteiger partial charge < -0.3 is 4.74 Å². The topological polar surface area (TPSA) is 45.9 Å². The van der Waals surface area contributed by atoms with Crippen LogP contribution in [0, 0.1) is 11.3 Å². The minimum atomic E-state index is 0.473. The maximum Gasteiger partial charge on any atom is 0.0992 e. The number of rotatable bonds is 6. The summed E-state index contributed by atoms with van der Waals surface area (Å²) < 4.78 is 5.61. The molecule has 0 fully saturated rings. The van der Waals surface area contributed by atoms with Crippen LogP contribution in [0.1, 0.15) is 23.1 Å². The van der Waals surface area contributed by atoms with Gasteiger partial charge in [0.1, 0.15) is 0 Å². The number of aromatic nitrogens is 1. The van der Waals surface area contributed by atoms with Crippen LogP contribution in [-0.4, -0.2) is 11.6 Å². The van der Waals surface area contributed by atoms with Gasteiger partial charge in [0.25, 0.3) is 0 Å². The summed E-state index contributed by atoms with van der Waals surface area (Å²) in [5, 5.41) is 9.34. The number of nitriles is 1. The fourth-order valence-electron chi connectivity index (χ4n) is 1.84. The van der Waals surface area contributed by atoms with Crippen LogP contribution >= 0.6 is 11.6 Å². The Bertz CT molecular complexity index is 593. The lowest BCUT2D eigenvalue weighted by molar-refractivity contribution is 0.119. The van der Waals surface area contributed by atoms with Crippen molar-refractivity contribution in [3.05, 3.63) is 64.4 Å². The third kappa shape index (κ3) is 4.34. The average Bonchev–Trinajstić information content (AvgIpc) is 2.49. The third-order valence-electron chi connectivity index (χ3n) is 2.94. The summed E-state index contributed by atoms with van der Waals surface area (Å²) >= 11 is 6.08. The van der Waals surface area contributed by atoms with Crippen molar-refractivity contribution in [1.82, 2.24) is 4.98 Å². The molecule has 2 aromatic rings. The van der Waals surface area contributed by atoms with Crippen molar-refractivity contribution in [2.75, 3.05) is 6.61 Å². The van der Waals surface area contributed by atoms with Gasteiger partial charge in [-0.15, -0.1) is 0 Å². The maximum absolute atomic E-state index is 8.76. The van der Waals surface area contributed by atoms with Gasteiger partial charge in [-0.2, -0.15) is 5.26 Å². The second kappa shape index (κ2) is 7.64. The van der Waals surface area contributed by atoms with E-state index in [0.29, 0.717) is 23.8 Å². The van der Waals surface area contributed by atoms with Crippen LogP contribution in [-0.2, 0) is 17.8 Å². The Morgan fingerprint density at radius 1 is 1.20 bits per heavy atom. The Morgan fingerprint density at radius 2 is 2.00 bits per heavy atom. The van der Waals surface area contributed by atoms with E-state index in [1.54, 1.807) is 24.5 Å². The first-order valence-electron chi connectivity index (χ1n) is 6.45. The van der Waals surface area contributed by atoms with Gasteiger partial charge in [0.2, 0.25) is 0 Å². The first-order chi connectivity index (χ1) is 9.79. The second-order valence-corrected chi connectivity index (χ2v) is 4.84. The zero-order chi connectivity index (χ0) is 14.2. The summed E-state index contributed by atoms with van der Waals surface area (Å²) in [6.07, 6.45) is 5.53. The molecule has 1 aromatic heterocycles. The predicted octanol–water partition coefficient (Wildman–Crippen LogP) is 3.76. The fourth-order valence-corrected chi connectivity index (χ4v) is 2.08. The Labute approximate surface area is 123 Å². The van der Waals surface area contributed by atoms with Crippen LogP contribution in [0.5, 0.6) is 0 Å². The molecule has 1 heterocycles. The van der Waals surface area contributed by atoms with Crippen LogP contribution in [0.4, 0.5) is 0 Å². The Morgan fingerprint density at radius 3 is 2.70 bits per heavy atom. The zero-order valence-electron chi connectivity index (χ0n) is 11.1. The van der Waals surface area contributed by atoms with Gasteiger partial charge in [0.05, 0.1) is 18.2 Å². The van der Waals surface area contributed by atoms with Gasteiger partial charge in [0.15, 0.2) is 0 Å². The van der Waals surface area contributed by atoms with Crippen molar-refractivity contribution in [3.8, 4) is 6.07 Å². The van der Waals surface area contributed by atoms with Crippen molar-refractivity contribution in [2.45, 2.75) is 19.4 Å². The molecule has 2 rings (SSSR count). The van der Waals surface area contributed by atoms with E-state index in [1.807, 2.05) is 18.2 Å². The normalized spacial score (nSPS) is 10.2. The van der Waals surface area contributed by atoms with Gasteiger partial charge in [-0.25, -0.2) is 0 Å². The van der Waals surface area contributed by atoms with E-state index in [0.717, 1.165) is 18.4 Å². The molecule has 0 saturated carbocycles. The number of nitrogens with zero attached hydrogens (tertiary/aromatic N) is 2. The zero-order valence-corrected chi connectivity index (χ0v) is 11.8. The summed E-state index contributed by atoms with van der Waals surface area (Å²) in [6.45, 7) is 1.15. The molecule has 0 aliphatic heterocycles. The highest BCUT2D eigenvalue weighted by atomic mass is 35.5. The number of ether oxygens (including phenoxy) is 1. The molecule has 0 amide bonds. The van der Waals surface area contributed by atoms with Crippen molar-refractivity contribution in [1.29, 1.82) is 5.26 Å². The van der Waals surface area contributed by atoms with E-state index < -0.39 is 0 Å². The van der Waals surface area contributed by atoms with Gasteiger partial charge in [0, 0.05) is 24.0 Å². The highest BCUT2D eigenvalue weighted by molar-refractivity contribution is 6.31. The van der Waals surface area contributed by atoms with E-state index in [4.69, 9.17) is 21.6 Å². The van der Waals surface area contributed by atoms with Crippen molar-refractivity contribution in [2.24, 2.45) is 0 Å². The lowest BCUT2D eigenvalue weighted by Crippen LogP contribution is -1.98. The minimum Gasteiger partial charge on any atom is -0.377 e. The SMILES string of the molecule is N#Cc1ccc(COCCCc2ccncc2)c(Cl)c1. The van der Waals surface area contributed by atoms with Crippen LogP contribution in [0.3, 0.4) is 0 Å². The molecule has 0 radical (unpaired) electrons. The van der Waals surface area contributed by atoms with Crippen LogP contribution in [0.25, 0.3) is 0 Å². The number of aryl methyl sites for hydroxylation is 1. The Hall–Kier alpha value is -1.89. The number of pyridine rings is 1. The molecule has 1 aromatic carbocycles. The van der Waals surface area contributed by atoms with Crippen LogP contribution < -0.4 is 0 Å². The van der Waals surface area contributed by atoms with Crippen LogP contribution in [0.2, 0.25) is 5.02 Å². The maximum atomic E-state index is 8.76. The number of benzene rings is 1. The lowest BCUT2D eigenvalue weighted by Gasteiger charge is -2.06. The summed E-state index contributed by atoms with van der Waals surface area (Å²) in [5.41, 5.74) is 2.74. The minimum absolute atomic E-state index is 0.473. The van der Waals surface area contributed by atoms with Crippen molar-refractivity contribution >= 4 is 11.6 Å². The number of hydrogen-bond acceptors (Lipinski definition) is 3. The summed E-state index contributed by atoms with van der Waals surface area (Å²) in [4.78, 5) is 3.98. The summed E-state index contributed by atoms with van der Waals surface area (Å²) in [6, 6.07) is 11.3. The third-order valence-corrected chi connectivity index (χ3v) is 3.30.